The molecular formula is C21H21NO5. The molecule has 0 unspecified atom stereocenters. The highest BCUT2D eigenvalue weighted by atomic mass is 16.5. The van der Waals surface area contributed by atoms with Crippen molar-refractivity contribution in [2.75, 3.05) is 13.7 Å². The normalized spacial score (nSPS) is 11.8. The molecule has 0 radical (unpaired) electrons. The van der Waals surface area contributed by atoms with Gasteiger partial charge in [0.1, 0.15) is 17.1 Å². The largest absolute Gasteiger partial charge is 0.496 e. The van der Waals surface area contributed by atoms with Crippen LogP contribution in [0.15, 0.2) is 52.9 Å². The Bertz CT molecular complexity index is 943. The van der Waals surface area contributed by atoms with Gasteiger partial charge >= 0.3 is 5.97 Å². The first kappa shape index (κ1) is 18.5. The number of aryl methyl sites for hydroxylation is 1. The second-order valence-corrected chi connectivity index (χ2v) is 6.24. The summed E-state index contributed by atoms with van der Waals surface area (Å²) in [5, 5.41) is 3.73. The first-order valence-corrected chi connectivity index (χ1v) is 8.57. The summed E-state index contributed by atoms with van der Waals surface area (Å²) in [7, 11) is 1.53. The molecule has 0 aliphatic carbocycles. The zero-order valence-corrected chi connectivity index (χ0v) is 15.4. The standard InChI is InChI=1S/C21H21NO5/c1-13-8-9-16(11-18(13)25-3)21(24)26-12-20(23)22-14(2)19-10-15-6-4-5-7-17(15)27-19/h4-11,14H,12H2,1-3H3,(H,22,23)/t14-/m0/s1. The van der Waals surface area contributed by atoms with E-state index in [4.69, 9.17) is 13.9 Å². The molecule has 0 spiro atoms. The Labute approximate surface area is 157 Å². The van der Waals surface area contributed by atoms with Crippen molar-refractivity contribution in [1.29, 1.82) is 0 Å². The second kappa shape index (κ2) is 7.95. The Morgan fingerprint density at radius 1 is 1.15 bits per heavy atom. The van der Waals surface area contributed by atoms with Crippen LogP contribution < -0.4 is 10.1 Å². The molecule has 0 fully saturated rings. The molecular weight excluding hydrogens is 346 g/mol. The van der Waals surface area contributed by atoms with Gasteiger partial charge in [0.15, 0.2) is 6.61 Å². The van der Waals surface area contributed by atoms with Crippen molar-refractivity contribution in [3.05, 3.63) is 65.4 Å². The zero-order chi connectivity index (χ0) is 19.4. The van der Waals surface area contributed by atoms with Gasteiger partial charge in [-0.15, -0.1) is 0 Å². The van der Waals surface area contributed by atoms with Gasteiger partial charge in [0, 0.05) is 5.39 Å². The number of rotatable bonds is 6. The number of carbonyl (C=O) groups is 2. The molecule has 0 saturated heterocycles. The maximum absolute atomic E-state index is 12.1. The van der Waals surface area contributed by atoms with E-state index in [0.717, 1.165) is 16.5 Å². The lowest BCUT2D eigenvalue weighted by Gasteiger charge is -2.12. The number of furan rings is 1. The summed E-state index contributed by atoms with van der Waals surface area (Å²) in [6.45, 7) is 3.31. The molecule has 2 aromatic carbocycles. The van der Waals surface area contributed by atoms with Crippen molar-refractivity contribution >= 4 is 22.8 Å². The lowest BCUT2D eigenvalue weighted by molar-refractivity contribution is -0.125. The predicted octanol–water partition coefficient (Wildman–Crippen LogP) is 3.78. The van der Waals surface area contributed by atoms with Crippen LogP contribution >= 0.6 is 0 Å². The van der Waals surface area contributed by atoms with Crippen molar-refractivity contribution < 1.29 is 23.5 Å². The Hall–Kier alpha value is -3.28. The summed E-state index contributed by atoms with van der Waals surface area (Å²) in [5.74, 6) is 0.238. The van der Waals surface area contributed by atoms with Crippen molar-refractivity contribution in [1.82, 2.24) is 5.32 Å². The van der Waals surface area contributed by atoms with Gasteiger partial charge in [0.05, 0.1) is 18.7 Å². The zero-order valence-electron chi connectivity index (χ0n) is 15.4. The fraction of sp³-hybridized carbons (Fsp3) is 0.238. The first-order valence-electron chi connectivity index (χ1n) is 8.57. The molecule has 6 heteroatoms. The highest BCUT2D eigenvalue weighted by Crippen LogP contribution is 2.23. The van der Waals surface area contributed by atoms with Crippen molar-refractivity contribution in [2.45, 2.75) is 19.9 Å². The number of para-hydroxylation sites is 1. The number of methoxy groups -OCH3 is 1. The molecule has 3 rings (SSSR count). The number of hydrogen-bond donors (Lipinski definition) is 1. The second-order valence-electron chi connectivity index (χ2n) is 6.24. The molecule has 1 amide bonds. The number of amides is 1. The van der Waals surface area contributed by atoms with Crippen LogP contribution in [0.4, 0.5) is 0 Å². The minimum absolute atomic E-state index is 0.329. The maximum atomic E-state index is 12.1. The van der Waals surface area contributed by atoms with Gasteiger partial charge in [-0.25, -0.2) is 4.79 Å². The van der Waals surface area contributed by atoms with E-state index in [-0.39, 0.29) is 12.6 Å². The SMILES string of the molecule is COc1cc(C(=O)OCC(=O)N[C@@H](C)c2cc3ccccc3o2)ccc1C. The molecule has 6 nitrogen and oxygen atoms in total. The fourth-order valence-corrected chi connectivity index (χ4v) is 2.73. The number of benzene rings is 2. The minimum Gasteiger partial charge on any atom is -0.496 e. The molecule has 0 aliphatic rings. The molecule has 3 aromatic rings. The molecule has 1 N–H and O–H groups in total. The molecule has 27 heavy (non-hydrogen) atoms. The molecule has 1 atom stereocenters. The summed E-state index contributed by atoms with van der Waals surface area (Å²) in [6.07, 6.45) is 0. The lowest BCUT2D eigenvalue weighted by atomic mass is 10.1. The molecule has 140 valence electrons. The smallest absolute Gasteiger partial charge is 0.338 e. The van der Waals surface area contributed by atoms with Gasteiger partial charge in [0.2, 0.25) is 0 Å². The average molecular weight is 367 g/mol. The highest BCUT2D eigenvalue weighted by Gasteiger charge is 2.16. The number of nitrogens with one attached hydrogen (secondary N) is 1. The Balaban J connectivity index is 1.56. The van der Waals surface area contributed by atoms with Gasteiger partial charge < -0.3 is 19.2 Å². The van der Waals surface area contributed by atoms with E-state index < -0.39 is 11.9 Å². The quantitative estimate of drug-likeness (QED) is 0.671. The highest BCUT2D eigenvalue weighted by molar-refractivity contribution is 5.92. The Morgan fingerprint density at radius 3 is 2.67 bits per heavy atom. The van der Waals surface area contributed by atoms with Crippen LogP contribution in [-0.4, -0.2) is 25.6 Å². The number of ether oxygens (including phenoxy) is 2. The Kier molecular flexibility index (Phi) is 5.45. The Morgan fingerprint density at radius 2 is 1.93 bits per heavy atom. The summed E-state index contributed by atoms with van der Waals surface area (Å²) in [6, 6.07) is 14.1. The molecule has 1 aromatic heterocycles. The van der Waals surface area contributed by atoms with Gasteiger partial charge in [0.25, 0.3) is 5.91 Å². The molecule has 0 saturated carbocycles. The van der Waals surface area contributed by atoms with Gasteiger partial charge in [-0.05, 0) is 43.7 Å². The van der Waals surface area contributed by atoms with Crippen molar-refractivity contribution in [3.8, 4) is 5.75 Å². The maximum Gasteiger partial charge on any atom is 0.338 e. The van der Waals surface area contributed by atoms with E-state index in [1.54, 1.807) is 18.2 Å². The molecule has 0 bridgehead atoms. The van der Waals surface area contributed by atoms with E-state index in [0.29, 0.717) is 17.1 Å². The fourth-order valence-electron chi connectivity index (χ4n) is 2.73. The van der Waals surface area contributed by atoms with Crippen LogP contribution in [0.5, 0.6) is 5.75 Å². The van der Waals surface area contributed by atoms with E-state index in [2.05, 4.69) is 5.32 Å². The van der Waals surface area contributed by atoms with Crippen molar-refractivity contribution in [2.24, 2.45) is 0 Å². The number of hydrogen-bond acceptors (Lipinski definition) is 5. The monoisotopic (exact) mass is 367 g/mol. The third-order valence-electron chi connectivity index (χ3n) is 4.23. The van der Waals surface area contributed by atoms with E-state index in [1.807, 2.05) is 44.2 Å². The lowest BCUT2D eigenvalue weighted by Crippen LogP contribution is -2.31. The number of esters is 1. The third kappa shape index (κ3) is 4.28. The summed E-state index contributed by atoms with van der Waals surface area (Å²) in [5.41, 5.74) is 2.00. The summed E-state index contributed by atoms with van der Waals surface area (Å²) in [4.78, 5) is 24.2. The van der Waals surface area contributed by atoms with E-state index >= 15 is 0 Å². The van der Waals surface area contributed by atoms with Crippen LogP contribution in [0.2, 0.25) is 0 Å². The van der Waals surface area contributed by atoms with Crippen LogP contribution in [-0.2, 0) is 9.53 Å². The van der Waals surface area contributed by atoms with Crippen LogP contribution in [0.3, 0.4) is 0 Å². The van der Waals surface area contributed by atoms with Gasteiger partial charge in [-0.3, -0.25) is 4.79 Å². The first-order chi connectivity index (χ1) is 13.0. The van der Waals surface area contributed by atoms with Gasteiger partial charge in [-0.1, -0.05) is 24.3 Å². The minimum atomic E-state index is -0.583. The number of carbonyl (C=O) groups excluding carboxylic acids is 2. The van der Waals surface area contributed by atoms with E-state index in [9.17, 15) is 9.59 Å². The van der Waals surface area contributed by atoms with Crippen LogP contribution in [0.1, 0.15) is 34.6 Å². The average Bonchev–Trinajstić information content (AvgIpc) is 3.11. The van der Waals surface area contributed by atoms with Crippen LogP contribution in [0, 0.1) is 6.92 Å². The summed E-state index contributed by atoms with van der Waals surface area (Å²) >= 11 is 0. The summed E-state index contributed by atoms with van der Waals surface area (Å²) < 4.78 is 16.0. The van der Waals surface area contributed by atoms with Crippen molar-refractivity contribution in [3.63, 3.8) is 0 Å². The predicted molar refractivity (Wildman–Crippen MR) is 101 cm³/mol. The topological polar surface area (TPSA) is 77.8 Å². The van der Waals surface area contributed by atoms with Gasteiger partial charge in [-0.2, -0.15) is 0 Å². The molecule has 0 aliphatic heterocycles. The molecule has 1 heterocycles. The number of fused-ring (bicyclic) bond motifs is 1. The third-order valence-corrected chi connectivity index (χ3v) is 4.23. The van der Waals surface area contributed by atoms with E-state index in [1.165, 1.54) is 7.11 Å². The van der Waals surface area contributed by atoms with Crippen LogP contribution in [0.25, 0.3) is 11.0 Å².